The molecule has 0 aliphatic heterocycles. The lowest BCUT2D eigenvalue weighted by molar-refractivity contribution is 0.0991. The maximum absolute atomic E-state index is 11.9. The van der Waals surface area contributed by atoms with Crippen LogP contribution in [0.2, 0.25) is 0 Å². The smallest absolute Gasteiger partial charge is 0.293 e. The quantitative estimate of drug-likeness (QED) is 0.655. The predicted octanol–water partition coefficient (Wildman–Crippen LogP) is -0.00100. The van der Waals surface area contributed by atoms with Crippen molar-refractivity contribution in [1.82, 2.24) is 9.55 Å². The molecule has 0 radical (unpaired) electrons. The van der Waals surface area contributed by atoms with Gasteiger partial charge >= 0.3 is 0 Å². The van der Waals surface area contributed by atoms with Crippen molar-refractivity contribution in [2.24, 2.45) is 0 Å². The molecule has 2 N–H and O–H groups in total. The van der Waals surface area contributed by atoms with E-state index < -0.39 is 0 Å². The lowest BCUT2D eigenvalue weighted by Gasteiger charge is -2.08. The fourth-order valence-electron chi connectivity index (χ4n) is 1.59. The minimum Gasteiger partial charge on any atom is -0.394 e. The minimum absolute atomic E-state index is 0.0120. The highest BCUT2D eigenvalue weighted by Crippen LogP contribution is 2.33. The molecule has 0 amide bonds. The molecule has 6 nitrogen and oxygen atoms in total. The Bertz CT molecular complexity index is 415. The molecule has 1 aromatic rings. The zero-order valence-corrected chi connectivity index (χ0v) is 9.63. The maximum atomic E-state index is 11.9. The second-order valence-corrected chi connectivity index (χ2v) is 3.98. The molecule has 17 heavy (non-hydrogen) atoms. The van der Waals surface area contributed by atoms with Crippen LogP contribution in [0.15, 0.2) is 17.2 Å². The molecule has 2 rings (SSSR count). The maximum Gasteiger partial charge on any atom is 0.293 e. The van der Waals surface area contributed by atoms with Crippen molar-refractivity contribution in [2.75, 3.05) is 31.7 Å². The van der Waals surface area contributed by atoms with E-state index in [0.29, 0.717) is 31.6 Å². The molecule has 1 aromatic heterocycles. The fourth-order valence-corrected chi connectivity index (χ4v) is 1.59. The Morgan fingerprint density at radius 3 is 3.06 bits per heavy atom. The standard InChI is InChI=1S/C11H17N3O3/c15-6-8-17-7-4-13-10-11(16)14(5-3-12-10)9-1-2-9/h3,5,9,15H,1-2,4,6-8H2,(H,12,13). The SMILES string of the molecule is O=c1c(NCCOCCO)nccn1C1CC1. The summed E-state index contributed by atoms with van der Waals surface area (Å²) in [6.07, 6.45) is 5.51. The highest BCUT2D eigenvalue weighted by Gasteiger charge is 2.25. The van der Waals surface area contributed by atoms with Gasteiger partial charge in [-0.25, -0.2) is 4.98 Å². The average molecular weight is 239 g/mol. The van der Waals surface area contributed by atoms with E-state index in [-0.39, 0.29) is 12.2 Å². The molecule has 1 fully saturated rings. The second-order valence-electron chi connectivity index (χ2n) is 3.98. The van der Waals surface area contributed by atoms with E-state index in [1.165, 1.54) is 0 Å². The topological polar surface area (TPSA) is 76.4 Å². The van der Waals surface area contributed by atoms with Gasteiger partial charge in [-0.05, 0) is 12.8 Å². The van der Waals surface area contributed by atoms with Gasteiger partial charge in [0.15, 0.2) is 5.82 Å². The number of hydrogen-bond acceptors (Lipinski definition) is 5. The van der Waals surface area contributed by atoms with Crippen LogP contribution in [0, 0.1) is 0 Å². The average Bonchev–Trinajstić information content (AvgIpc) is 3.15. The number of nitrogens with zero attached hydrogens (tertiary/aromatic N) is 2. The van der Waals surface area contributed by atoms with Crippen LogP contribution in [0.1, 0.15) is 18.9 Å². The summed E-state index contributed by atoms with van der Waals surface area (Å²) >= 11 is 0. The second kappa shape index (κ2) is 5.79. The van der Waals surface area contributed by atoms with E-state index in [9.17, 15) is 4.79 Å². The van der Waals surface area contributed by atoms with Crippen LogP contribution in [0.4, 0.5) is 5.82 Å². The van der Waals surface area contributed by atoms with Crippen LogP contribution < -0.4 is 10.9 Å². The Hall–Kier alpha value is -1.40. The Labute approximate surface area is 99.2 Å². The van der Waals surface area contributed by atoms with Gasteiger partial charge < -0.3 is 19.7 Å². The van der Waals surface area contributed by atoms with E-state index in [4.69, 9.17) is 9.84 Å². The van der Waals surface area contributed by atoms with Crippen LogP contribution >= 0.6 is 0 Å². The Morgan fingerprint density at radius 2 is 2.35 bits per heavy atom. The summed E-state index contributed by atoms with van der Waals surface area (Å²) in [5.41, 5.74) is -0.0721. The molecule has 0 aromatic carbocycles. The van der Waals surface area contributed by atoms with E-state index in [2.05, 4.69) is 10.3 Å². The van der Waals surface area contributed by atoms with Crippen molar-refractivity contribution in [3.05, 3.63) is 22.7 Å². The molecule has 0 unspecified atom stereocenters. The Balaban J connectivity index is 1.87. The summed E-state index contributed by atoms with van der Waals surface area (Å²) in [6, 6.07) is 0.358. The molecule has 1 aliphatic carbocycles. The number of rotatable bonds is 7. The van der Waals surface area contributed by atoms with Crippen molar-refractivity contribution >= 4 is 5.82 Å². The molecular formula is C11H17N3O3. The van der Waals surface area contributed by atoms with Crippen molar-refractivity contribution in [2.45, 2.75) is 18.9 Å². The van der Waals surface area contributed by atoms with E-state index >= 15 is 0 Å². The fraction of sp³-hybridized carbons (Fsp3) is 0.636. The molecule has 0 atom stereocenters. The summed E-state index contributed by atoms with van der Waals surface area (Å²) in [4.78, 5) is 15.9. The van der Waals surface area contributed by atoms with Crippen molar-refractivity contribution < 1.29 is 9.84 Å². The summed E-state index contributed by atoms with van der Waals surface area (Å²) in [6.45, 7) is 1.28. The largest absolute Gasteiger partial charge is 0.394 e. The number of aliphatic hydroxyl groups is 1. The molecule has 6 heteroatoms. The lowest BCUT2D eigenvalue weighted by atomic mass is 10.5. The zero-order chi connectivity index (χ0) is 12.1. The van der Waals surface area contributed by atoms with Crippen LogP contribution in [-0.4, -0.2) is 41.0 Å². The highest BCUT2D eigenvalue weighted by atomic mass is 16.5. The Morgan fingerprint density at radius 1 is 1.53 bits per heavy atom. The van der Waals surface area contributed by atoms with Gasteiger partial charge in [0.1, 0.15) is 0 Å². The Kier molecular flexibility index (Phi) is 4.11. The van der Waals surface area contributed by atoms with Gasteiger partial charge in [-0.2, -0.15) is 0 Å². The van der Waals surface area contributed by atoms with E-state index in [1.54, 1.807) is 17.0 Å². The summed E-state index contributed by atoms with van der Waals surface area (Å²) in [5.74, 6) is 0.368. The normalized spacial score (nSPS) is 14.9. The number of hydrogen-bond donors (Lipinski definition) is 2. The van der Waals surface area contributed by atoms with Crippen LogP contribution in [0.3, 0.4) is 0 Å². The van der Waals surface area contributed by atoms with Gasteiger partial charge in [-0.15, -0.1) is 0 Å². The van der Waals surface area contributed by atoms with Gasteiger partial charge in [-0.3, -0.25) is 4.79 Å². The van der Waals surface area contributed by atoms with Gasteiger partial charge in [0.05, 0.1) is 19.8 Å². The van der Waals surface area contributed by atoms with Gasteiger partial charge in [0.2, 0.25) is 0 Å². The van der Waals surface area contributed by atoms with Crippen molar-refractivity contribution in [1.29, 1.82) is 0 Å². The van der Waals surface area contributed by atoms with E-state index in [1.807, 2.05) is 0 Å². The van der Waals surface area contributed by atoms with Gasteiger partial charge in [0.25, 0.3) is 5.56 Å². The molecule has 0 saturated heterocycles. The number of aromatic nitrogens is 2. The molecule has 94 valence electrons. The first-order chi connectivity index (χ1) is 8.33. The summed E-state index contributed by atoms with van der Waals surface area (Å²) in [5, 5.41) is 11.5. The zero-order valence-electron chi connectivity index (χ0n) is 9.63. The molecular weight excluding hydrogens is 222 g/mol. The number of nitrogens with one attached hydrogen (secondary N) is 1. The van der Waals surface area contributed by atoms with Crippen LogP contribution in [-0.2, 0) is 4.74 Å². The molecule has 1 saturated carbocycles. The molecule has 0 spiro atoms. The summed E-state index contributed by atoms with van der Waals surface area (Å²) in [7, 11) is 0. The molecule has 1 heterocycles. The van der Waals surface area contributed by atoms with Crippen molar-refractivity contribution in [3.63, 3.8) is 0 Å². The number of aliphatic hydroxyl groups excluding tert-OH is 1. The van der Waals surface area contributed by atoms with Crippen LogP contribution in [0.25, 0.3) is 0 Å². The third kappa shape index (κ3) is 3.28. The first-order valence-electron chi connectivity index (χ1n) is 5.82. The van der Waals surface area contributed by atoms with Crippen LogP contribution in [0.5, 0.6) is 0 Å². The van der Waals surface area contributed by atoms with E-state index in [0.717, 1.165) is 12.8 Å². The lowest BCUT2D eigenvalue weighted by Crippen LogP contribution is -2.25. The van der Waals surface area contributed by atoms with Gasteiger partial charge in [-0.1, -0.05) is 0 Å². The monoisotopic (exact) mass is 239 g/mol. The first kappa shape index (κ1) is 12.1. The number of ether oxygens (including phenoxy) is 1. The number of anilines is 1. The van der Waals surface area contributed by atoms with Gasteiger partial charge in [0, 0.05) is 25.0 Å². The summed E-state index contributed by atoms with van der Waals surface area (Å²) < 4.78 is 6.81. The highest BCUT2D eigenvalue weighted by molar-refractivity contribution is 5.31. The molecule has 0 bridgehead atoms. The third-order valence-corrected chi connectivity index (χ3v) is 2.58. The third-order valence-electron chi connectivity index (χ3n) is 2.58. The first-order valence-corrected chi connectivity index (χ1v) is 5.82. The molecule has 1 aliphatic rings. The minimum atomic E-state index is -0.0721. The van der Waals surface area contributed by atoms with Crippen molar-refractivity contribution in [3.8, 4) is 0 Å². The predicted molar refractivity (Wildman–Crippen MR) is 63.2 cm³/mol.